The molecule has 2 rings (SSSR count). The van der Waals surface area contributed by atoms with Gasteiger partial charge in [0, 0.05) is 28.5 Å². The number of rotatable bonds is 2. The van der Waals surface area contributed by atoms with E-state index in [1.54, 1.807) is 0 Å². The number of fused-ring (bicyclic) bond motifs is 1. The molecule has 2 aromatic rings. The summed E-state index contributed by atoms with van der Waals surface area (Å²) in [5.74, 6) is 0. The van der Waals surface area contributed by atoms with E-state index in [0.717, 1.165) is 17.0 Å². The highest BCUT2D eigenvalue weighted by atomic mass is 35.5. The maximum atomic E-state index is 5.95. The van der Waals surface area contributed by atoms with Crippen molar-refractivity contribution < 1.29 is 5.73 Å². The van der Waals surface area contributed by atoms with Crippen molar-refractivity contribution in [1.82, 2.24) is 4.98 Å². The van der Waals surface area contributed by atoms with Gasteiger partial charge in [0.05, 0.1) is 6.04 Å². The number of hydrogen-bond donors (Lipinski definition) is 2. The van der Waals surface area contributed by atoms with Crippen molar-refractivity contribution >= 4 is 22.5 Å². The van der Waals surface area contributed by atoms with Gasteiger partial charge in [0.1, 0.15) is 0 Å². The van der Waals surface area contributed by atoms with Crippen molar-refractivity contribution in [2.75, 3.05) is 0 Å². The van der Waals surface area contributed by atoms with Crippen LogP contribution in [0.25, 0.3) is 10.9 Å². The van der Waals surface area contributed by atoms with Crippen LogP contribution in [0.2, 0.25) is 5.02 Å². The SMILES string of the molecule is C[C@H]([NH3+])Cc1c[nH]c2ccc(Cl)cc12. The van der Waals surface area contributed by atoms with Gasteiger partial charge in [0.15, 0.2) is 0 Å². The van der Waals surface area contributed by atoms with Crippen LogP contribution in [-0.4, -0.2) is 11.0 Å². The third-order valence-electron chi connectivity index (χ3n) is 2.30. The van der Waals surface area contributed by atoms with E-state index in [1.165, 1.54) is 10.9 Å². The first-order chi connectivity index (χ1) is 6.66. The Balaban J connectivity index is 2.50. The number of hydrogen-bond acceptors (Lipinski definition) is 0. The molecule has 0 spiro atoms. The fraction of sp³-hybridized carbons (Fsp3) is 0.273. The van der Waals surface area contributed by atoms with Gasteiger partial charge < -0.3 is 10.7 Å². The van der Waals surface area contributed by atoms with Crippen LogP contribution in [0.5, 0.6) is 0 Å². The van der Waals surface area contributed by atoms with E-state index in [0.29, 0.717) is 6.04 Å². The zero-order valence-electron chi connectivity index (χ0n) is 8.18. The molecule has 0 bridgehead atoms. The lowest BCUT2D eigenvalue weighted by molar-refractivity contribution is -0.413. The Kier molecular flexibility index (Phi) is 2.48. The molecular formula is C11H14ClN2+. The smallest absolute Gasteiger partial charge is 0.0856 e. The summed E-state index contributed by atoms with van der Waals surface area (Å²) in [5, 5.41) is 2.00. The van der Waals surface area contributed by atoms with E-state index in [2.05, 4.69) is 17.6 Å². The summed E-state index contributed by atoms with van der Waals surface area (Å²) in [6.45, 7) is 2.11. The van der Waals surface area contributed by atoms with Gasteiger partial charge in [-0.15, -0.1) is 0 Å². The van der Waals surface area contributed by atoms with E-state index in [-0.39, 0.29) is 0 Å². The topological polar surface area (TPSA) is 43.4 Å². The summed E-state index contributed by atoms with van der Waals surface area (Å²) in [5.41, 5.74) is 6.44. The average Bonchev–Trinajstić information content (AvgIpc) is 2.47. The van der Waals surface area contributed by atoms with Gasteiger partial charge in [0.2, 0.25) is 0 Å². The maximum Gasteiger partial charge on any atom is 0.0856 e. The second kappa shape index (κ2) is 3.64. The van der Waals surface area contributed by atoms with Crippen LogP contribution in [0.4, 0.5) is 0 Å². The maximum absolute atomic E-state index is 5.95. The minimum absolute atomic E-state index is 0.424. The van der Waals surface area contributed by atoms with Gasteiger partial charge >= 0.3 is 0 Å². The molecule has 3 heteroatoms. The van der Waals surface area contributed by atoms with Gasteiger partial charge in [-0.1, -0.05) is 11.6 Å². The number of H-pyrrole nitrogens is 1. The van der Waals surface area contributed by atoms with Crippen LogP contribution in [0.15, 0.2) is 24.4 Å². The van der Waals surface area contributed by atoms with Gasteiger partial charge in [-0.25, -0.2) is 0 Å². The van der Waals surface area contributed by atoms with E-state index in [9.17, 15) is 0 Å². The van der Waals surface area contributed by atoms with Crippen molar-refractivity contribution in [3.63, 3.8) is 0 Å². The molecule has 1 aromatic carbocycles. The van der Waals surface area contributed by atoms with E-state index in [4.69, 9.17) is 11.6 Å². The average molecular weight is 210 g/mol. The molecule has 0 aliphatic heterocycles. The molecule has 0 saturated heterocycles. The van der Waals surface area contributed by atoms with Gasteiger partial charge in [-0.05, 0) is 30.7 Å². The van der Waals surface area contributed by atoms with E-state index < -0.39 is 0 Å². The van der Waals surface area contributed by atoms with Crippen molar-refractivity contribution in [2.24, 2.45) is 0 Å². The number of nitrogens with one attached hydrogen (secondary N) is 1. The molecule has 1 aromatic heterocycles. The van der Waals surface area contributed by atoms with Crippen LogP contribution < -0.4 is 5.73 Å². The summed E-state index contributed by atoms with van der Waals surface area (Å²) in [6.07, 6.45) is 3.03. The summed E-state index contributed by atoms with van der Waals surface area (Å²) < 4.78 is 0. The van der Waals surface area contributed by atoms with Gasteiger partial charge in [-0.3, -0.25) is 0 Å². The van der Waals surface area contributed by atoms with Crippen LogP contribution in [0.3, 0.4) is 0 Å². The van der Waals surface area contributed by atoms with Gasteiger partial charge in [0.25, 0.3) is 0 Å². The molecule has 0 fully saturated rings. The molecule has 0 saturated carbocycles. The first-order valence-electron chi connectivity index (χ1n) is 4.75. The fourth-order valence-corrected chi connectivity index (χ4v) is 1.87. The Labute approximate surface area is 88.1 Å². The zero-order valence-corrected chi connectivity index (χ0v) is 8.93. The second-order valence-electron chi connectivity index (χ2n) is 3.81. The third-order valence-corrected chi connectivity index (χ3v) is 2.53. The molecule has 0 radical (unpaired) electrons. The quantitative estimate of drug-likeness (QED) is 0.760. The Morgan fingerprint density at radius 3 is 3.00 bits per heavy atom. The fourth-order valence-electron chi connectivity index (χ4n) is 1.69. The summed E-state index contributed by atoms with van der Waals surface area (Å²) >= 11 is 5.95. The first kappa shape index (κ1) is 9.56. The molecule has 74 valence electrons. The Morgan fingerprint density at radius 2 is 2.29 bits per heavy atom. The Hall–Kier alpha value is -0.990. The molecule has 0 unspecified atom stereocenters. The molecule has 4 N–H and O–H groups in total. The van der Waals surface area contributed by atoms with E-state index >= 15 is 0 Å². The highest BCUT2D eigenvalue weighted by Gasteiger charge is 2.07. The highest BCUT2D eigenvalue weighted by molar-refractivity contribution is 6.31. The van der Waals surface area contributed by atoms with E-state index in [1.807, 2.05) is 24.4 Å². The molecule has 0 aliphatic rings. The van der Waals surface area contributed by atoms with Crippen molar-refractivity contribution in [3.8, 4) is 0 Å². The molecule has 1 heterocycles. The first-order valence-corrected chi connectivity index (χ1v) is 5.13. The molecule has 14 heavy (non-hydrogen) atoms. The minimum atomic E-state index is 0.424. The molecule has 2 nitrogen and oxygen atoms in total. The van der Waals surface area contributed by atoms with Crippen molar-refractivity contribution in [3.05, 3.63) is 35.0 Å². The van der Waals surface area contributed by atoms with Crippen LogP contribution in [-0.2, 0) is 6.42 Å². The normalized spacial score (nSPS) is 13.4. The van der Waals surface area contributed by atoms with Crippen LogP contribution in [0.1, 0.15) is 12.5 Å². The lowest BCUT2D eigenvalue weighted by Gasteiger charge is -2.00. The predicted octanol–water partition coefficient (Wildman–Crippen LogP) is 1.99. The molecule has 0 amide bonds. The second-order valence-corrected chi connectivity index (χ2v) is 4.25. The monoisotopic (exact) mass is 209 g/mol. The zero-order chi connectivity index (χ0) is 10.1. The van der Waals surface area contributed by atoms with Crippen LogP contribution in [0, 0.1) is 0 Å². The number of aromatic nitrogens is 1. The minimum Gasteiger partial charge on any atom is -0.361 e. The predicted molar refractivity (Wildman–Crippen MR) is 59.4 cm³/mol. The van der Waals surface area contributed by atoms with Crippen molar-refractivity contribution in [1.29, 1.82) is 0 Å². The number of halogens is 1. The van der Waals surface area contributed by atoms with Crippen molar-refractivity contribution in [2.45, 2.75) is 19.4 Å². The lowest BCUT2D eigenvalue weighted by atomic mass is 10.1. The van der Waals surface area contributed by atoms with Crippen LogP contribution >= 0.6 is 11.6 Å². The summed E-state index contributed by atoms with van der Waals surface area (Å²) in [4.78, 5) is 3.23. The Morgan fingerprint density at radius 1 is 1.50 bits per heavy atom. The molecular weight excluding hydrogens is 196 g/mol. The number of aromatic amines is 1. The standard InChI is InChI=1S/C11H13ClN2/c1-7(13)4-8-6-14-11-3-2-9(12)5-10(8)11/h2-3,5-7,14H,4,13H2,1H3/p+1/t7-/m0/s1. The molecule has 1 atom stereocenters. The number of quaternary nitrogens is 1. The van der Waals surface area contributed by atoms with Gasteiger partial charge in [-0.2, -0.15) is 0 Å². The third kappa shape index (κ3) is 1.76. The molecule has 0 aliphatic carbocycles. The highest BCUT2D eigenvalue weighted by Crippen LogP contribution is 2.22. The Bertz CT molecular complexity index is 445. The number of benzene rings is 1. The lowest BCUT2D eigenvalue weighted by Crippen LogP contribution is -2.60. The largest absolute Gasteiger partial charge is 0.361 e. The summed E-state index contributed by atoms with van der Waals surface area (Å²) in [7, 11) is 0. The summed E-state index contributed by atoms with van der Waals surface area (Å²) in [6, 6.07) is 6.34.